The van der Waals surface area contributed by atoms with Crippen molar-refractivity contribution in [3.63, 3.8) is 0 Å². The van der Waals surface area contributed by atoms with Gasteiger partial charge in [-0.05, 0) is 83.6 Å². The van der Waals surface area contributed by atoms with Crippen LogP contribution in [0.1, 0.15) is 21.5 Å². The summed E-state index contributed by atoms with van der Waals surface area (Å²) in [5.41, 5.74) is 2.52. The molecule has 3 rings (SSSR count). The van der Waals surface area contributed by atoms with Crippen LogP contribution in [0.4, 0.5) is 5.69 Å². The molecule has 0 atom stereocenters. The highest BCUT2D eigenvalue weighted by Gasteiger charge is 2.14. The van der Waals surface area contributed by atoms with Gasteiger partial charge < -0.3 is 14.8 Å². The number of nitrogens with one attached hydrogen (secondary N) is 1. The van der Waals surface area contributed by atoms with Crippen LogP contribution in [0.3, 0.4) is 0 Å². The van der Waals surface area contributed by atoms with Crippen LogP contribution < -0.4 is 14.8 Å². The van der Waals surface area contributed by atoms with E-state index in [1.54, 1.807) is 42.5 Å². The molecule has 0 radical (unpaired) electrons. The second-order valence-corrected chi connectivity index (χ2v) is 8.05. The topological polar surface area (TPSA) is 88.4 Å². The summed E-state index contributed by atoms with van der Waals surface area (Å²) in [7, 11) is 1.45. The molecule has 0 spiro atoms. The molecular weight excluding hydrogens is 519 g/mol. The molecular formula is C25H19IN2O4. The maximum absolute atomic E-state index is 12.5. The van der Waals surface area contributed by atoms with Crippen molar-refractivity contribution < 1.29 is 19.1 Å². The zero-order chi connectivity index (χ0) is 23.1. The molecule has 0 aliphatic heterocycles. The molecule has 1 amide bonds. The summed E-state index contributed by atoms with van der Waals surface area (Å²) in [5.74, 6) is -0.504. The van der Waals surface area contributed by atoms with Crippen molar-refractivity contribution in [2.45, 2.75) is 6.92 Å². The Morgan fingerprint density at radius 3 is 2.44 bits per heavy atom. The van der Waals surface area contributed by atoms with Crippen LogP contribution in [0, 0.1) is 21.8 Å². The number of halogens is 1. The average Bonchev–Trinajstić information content (AvgIpc) is 2.78. The smallest absolute Gasteiger partial charge is 0.343 e. The monoisotopic (exact) mass is 538 g/mol. The van der Waals surface area contributed by atoms with E-state index in [9.17, 15) is 14.9 Å². The predicted molar refractivity (Wildman–Crippen MR) is 131 cm³/mol. The number of hydrogen-bond donors (Lipinski definition) is 1. The van der Waals surface area contributed by atoms with Crippen LogP contribution in [0.2, 0.25) is 0 Å². The molecule has 32 heavy (non-hydrogen) atoms. The average molecular weight is 538 g/mol. The lowest BCUT2D eigenvalue weighted by atomic mass is 10.1. The molecule has 0 heterocycles. The van der Waals surface area contributed by atoms with E-state index in [4.69, 9.17) is 9.47 Å². The molecule has 3 aromatic rings. The number of carbonyl (C=O) groups excluding carboxylic acids is 2. The number of aryl methyl sites for hydroxylation is 1. The van der Waals surface area contributed by atoms with Crippen molar-refractivity contribution in [2.75, 3.05) is 12.4 Å². The third-order valence-corrected chi connectivity index (χ3v) is 5.11. The summed E-state index contributed by atoms with van der Waals surface area (Å²) in [6, 6.07) is 21.0. The van der Waals surface area contributed by atoms with Crippen molar-refractivity contribution in [3.05, 3.63) is 92.6 Å². The van der Waals surface area contributed by atoms with E-state index in [1.807, 2.05) is 37.3 Å². The van der Waals surface area contributed by atoms with Crippen molar-refractivity contribution in [1.82, 2.24) is 0 Å². The van der Waals surface area contributed by atoms with Crippen molar-refractivity contribution >= 4 is 46.2 Å². The molecule has 0 aliphatic carbocycles. The van der Waals surface area contributed by atoms with Gasteiger partial charge in [-0.25, -0.2) is 4.79 Å². The number of nitrogens with zero attached hydrogens (tertiary/aromatic N) is 1. The fraction of sp³-hybridized carbons (Fsp3) is 0.0800. The lowest BCUT2D eigenvalue weighted by Gasteiger charge is -2.10. The van der Waals surface area contributed by atoms with Gasteiger partial charge in [-0.15, -0.1) is 0 Å². The Hall–Kier alpha value is -3.64. The highest BCUT2D eigenvalue weighted by Crippen LogP contribution is 2.30. The maximum atomic E-state index is 12.5. The second kappa shape index (κ2) is 10.6. The standard InChI is InChI=1S/C25H19IN2O4/c1-16-6-9-18(10-7-16)25(30)32-22-11-8-17(13-23(22)31-2)12-19(15-27)24(29)28-21-5-3-4-20(26)14-21/h3-14H,1-2H3,(H,28,29)/b19-12+. The number of hydrogen-bond acceptors (Lipinski definition) is 5. The van der Waals surface area contributed by atoms with Crippen LogP contribution in [0.5, 0.6) is 11.5 Å². The molecule has 0 bridgehead atoms. The molecule has 0 saturated heterocycles. The predicted octanol–water partition coefficient (Wildman–Crippen LogP) is 5.37. The van der Waals surface area contributed by atoms with Crippen LogP contribution in [-0.4, -0.2) is 19.0 Å². The van der Waals surface area contributed by atoms with Gasteiger partial charge in [-0.3, -0.25) is 4.79 Å². The molecule has 7 heteroatoms. The van der Waals surface area contributed by atoms with Crippen molar-refractivity contribution in [2.24, 2.45) is 0 Å². The number of amides is 1. The third kappa shape index (κ3) is 5.95. The molecule has 0 aromatic heterocycles. The number of nitriles is 1. The molecule has 0 aliphatic rings. The zero-order valence-electron chi connectivity index (χ0n) is 17.4. The van der Waals surface area contributed by atoms with Gasteiger partial charge in [0.15, 0.2) is 11.5 Å². The number of carbonyl (C=O) groups is 2. The fourth-order valence-corrected chi connectivity index (χ4v) is 3.33. The van der Waals surface area contributed by atoms with Gasteiger partial charge in [0.2, 0.25) is 0 Å². The van der Waals surface area contributed by atoms with Crippen LogP contribution in [0.15, 0.2) is 72.3 Å². The summed E-state index contributed by atoms with van der Waals surface area (Å²) < 4.78 is 11.8. The molecule has 1 N–H and O–H groups in total. The van der Waals surface area contributed by atoms with Gasteiger partial charge in [0.05, 0.1) is 12.7 Å². The van der Waals surface area contributed by atoms with E-state index in [0.29, 0.717) is 22.6 Å². The first-order valence-electron chi connectivity index (χ1n) is 9.55. The van der Waals surface area contributed by atoms with Gasteiger partial charge in [0.1, 0.15) is 11.6 Å². The Morgan fingerprint density at radius 1 is 1.03 bits per heavy atom. The second-order valence-electron chi connectivity index (χ2n) is 6.80. The molecule has 0 saturated carbocycles. The molecule has 6 nitrogen and oxygen atoms in total. The number of methoxy groups -OCH3 is 1. The first-order chi connectivity index (χ1) is 15.4. The Balaban J connectivity index is 1.79. The van der Waals surface area contributed by atoms with Gasteiger partial charge >= 0.3 is 5.97 Å². The Labute approximate surface area is 199 Å². The number of ether oxygens (including phenoxy) is 2. The minimum Gasteiger partial charge on any atom is -0.493 e. The molecule has 160 valence electrons. The Bertz CT molecular complexity index is 1230. The first kappa shape index (κ1) is 23.0. The minimum atomic E-state index is -0.525. The number of benzene rings is 3. The highest BCUT2D eigenvalue weighted by molar-refractivity contribution is 14.1. The maximum Gasteiger partial charge on any atom is 0.343 e. The minimum absolute atomic E-state index is 0.0738. The van der Waals surface area contributed by atoms with E-state index >= 15 is 0 Å². The van der Waals surface area contributed by atoms with E-state index in [1.165, 1.54) is 13.2 Å². The van der Waals surface area contributed by atoms with Crippen molar-refractivity contribution in [3.8, 4) is 17.6 Å². The number of anilines is 1. The van der Waals surface area contributed by atoms with Gasteiger partial charge in [-0.1, -0.05) is 29.8 Å². The number of esters is 1. The quantitative estimate of drug-likeness (QED) is 0.150. The van der Waals surface area contributed by atoms with Gasteiger partial charge in [0.25, 0.3) is 5.91 Å². The zero-order valence-corrected chi connectivity index (χ0v) is 19.5. The third-order valence-electron chi connectivity index (χ3n) is 4.44. The fourth-order valence-electron chi connectivity index (χ4n) is 2.79. The van der Waals surface area contributed by atoms with Gasteiger partial charge in [-0.2, -0.15) is 5.26 Å². The van der Waals surface area contributed by atoms with E-state index in [-0.39, 0.29) is 11.3 Å². The normalized spacial score (nSPS) is 10.8. The summed E-state index contributed by atoms with van der Waals surface area (Å²) in [6.07, 6.45) is 1.44. The molecule has 0 fully saturated rings. The largest absolute Gasteiger partial charge is 0.493 e. The van der Waals surface area contributed by atoms with Gasteiger partial charge in [0, 0.05) is 9.26 Å². The number of rotatable bonds is 6. The van der Waals surface area contributed by atoms with Crippen LogP contribution >= 0.6 is 22.6 Å². The lowest BCUT2D eigenvalue weighted by molar-refractivity contribution is -0.112. The molecule has 0 unspecified atom stereocenters. The van der Waals surface area contributed by atoms with E-state index in [0.717, 1.165) is 9.13 Å². The first-order valence-corrected chi connectivity index (χ1v) is 10.6. The summed E-state index contributed by atoms with van der Waals surface area (Å²) in [5, 5.41) is 12.2. The van der Waals surface area contributed by atoms with Crippen LogP contribution in [0.25, 0.3) is 6.08 Å². The lowest BCUT2D eigenvalue weighted by Crippen LogP contribution is -2.13. The van der Waals surface area contributed by atoms with Crippen molar-refractivity contribution in [1.29, 1.82) is 5.26 Å². The van der Waals surface area contributed by atoms with Crippen LogP contribution in [-0.2, 0) is 4.79 Å². The molecule has 3 aromatic carbocycles. The Morgan fingerprint density at radius 2 is 1.78 bits per heavy atom. The SMILES string of the molecule is COc1cc(/C=C(\C#N)C(=O)Nc2cccc(I)c2)ccc1OC(=O)c1ccc(C)cc1. The summed E-state index contributed by atoms with van der Waals surface area (Å²) in [6.45, 7) is 1.93. The van der Waals surface area contributed by atoms with E-state index in [2.05, 4.69) is 27.9 Å². The summed E-state index contributed by atoms with van der Waals surface area (Å²) >= 11 is 2.14. The highest BCUT2D eigenvalue weighted by atomic mass is 127. The summed E-state index contributed by atoms with van der Waals surface area (Å²) in [4.78, 5) is 24.9. The van der Waals surface area contributed by atoms with E-state index < -0.39 is 11.9 Å². The Kier molecular flexibility index (Phi) is 7.63.